The molecule has 0 atom stereocenters. The summed E-state index contributed by atoms with van der Waals surface area (Å²) in [5.41, 5.74) is 0.778. The number of rotatable bonds is 7. The summed E-state index contributed by atoms with van der Waals surface area (Å²) in [6.07, 6.45) is -3.52. The molecule has 180 valence electrons. The number of furan rings is 1. The first-order valence-corrected chi connectivity index (χ1v) is 11.3. The van der Waals surface area contributed by atoms with Crippen molar-refractivity contribution in [2.24, 2.45) is 0 Å². The molecule has 0 N–H and O–H groups in total. The van der Waals surface area contributed by atoms with Gasteiger partial charge >= 0.3 is 6.18 Å². The van der Waals surface area contributed by atoms with E-state index in [0.29, 0.717) is 32.8 Å². The highest BCUT2D eigenvalue weighted by Gasteiger charge is 2.31. The Hall–Kier alpha value is -3.00. The van der Waals surface area contributed by atoms with E-state index in [1.54, 1.807) is 48.5 Å². The van der Waals surface area contributed by atoms with Gasteiger partial charge in [0.2, 0.25) is 5.78 Å². The molecule has 10 heteroatoms. The van der Waals surface area contributed by atoms with Crippen molar-refractivity contribution >= 4 is 40.6 Å². The Morgan fingerprint density at radius 3 is 2.34 bits per heavy atom. The van der Waals surface area contributed by atoms with Crippen molar-refractivity contribution in [2.75, 3.05) is 6.61 Å². The number of Topliss-reactive ketones (excluding diaryl/α,β-unsaturated/α-hetero) is 1. The minimum absolute atomic E-state index is 0.0662. The van der Waals surface area contributed by atoms with Crippen molar-refractivity contribution < 1.29 is 27.1 Å². The van der Waals surface area contributed by atoms with E-state index in [9.17, 15) is 18.0 Å². The minimum atomic E-state index is -4.51. The third-order valence-corrected chi connectivity index (χ3v) is 5.86. The van der Waals surface area contributed by atoms with E-state index in [0.717, 1.165) is 17.8 Å². The highest BCUT2D eigenvalue weighted by atomic mass is 35.5. The van der Waals surface area contributed by atoms with Crippen LogP contribution in [0.3, 0.4) is 0 Å². The van der Waals surface area contributed by atoms with Gasteiger partial charge in [0.1, 0.15) is 11.5 Å². The van der Waals surface area contributed by atoms with E-state index in [1.165, 1.54) is 6.07 Å². The minimum Gasteiger partial charge on any atom is -0.485 e. The van der Waals surface area contributed by atoms with E-state index in [1.807, 2.05) is 0 Å². The smallest absolute Gasteiger partial charge is 0.417 e. The number of carbonyl (C=O) groups excluding carboxylic acids is 1. The van der Waals surface area contributed by atoms with Crippen molar-refractivity contribution in [2.45, 2.75) is 12.6 Å². The fourth-order valence-corrected chi connectivity index (χ4v) is 3.92. The Kier molecular flexibility index (Phi) is 7.40. The third kappa shape index (κ3) is 6.17. The first-order chi connectivity index (χ1) is 16.6. The maximum absolute atomic E-state index is 12.8. The number of halogens is 6. The van der Waals surface area contributed by atoms with Crippen LogP contribution in [0.4, 0.5) is 13.2 Å². The summed E-state index contributed by atoms with van der Waals surface area (Å²) in [5, 5.41) is 0.818. The van der Waals surface area contributed by atoms with Crippen LogP contribution in [-0.4, -0.2) is 17.4 Å². The van der Waals surface area contributed by atoms with Crippen LogP contribution >= 0.6 is 34.8 Å². The van der Waals surface area contributed by atoms with Crippen LogP contribution in [0.2, 0.25) is 15.1 Å². The Balaban J connectivity index is 1.36. The number of aromatic nitrogens is 1. The summed E-state index contributed by atoms with van der Waals surface area (Å²) in [5.74, 6) is 0.604. The quantitative estimate of drug-likeness (QED) is 0.222. The summed E-state index contributed by atoms with van der Waals surface area (Å²) in [4.78, 5) is 16.3. The molecule has 4 aromatic rings. The molecule has 0 aliphatic carbocycles. The second kappa shape index (κ2) is 10.3. The maximum Gasteiger partial charge on any atom is 0.417 e. The van der Waals surface area contributed by atoms with E-state index in [2.05, 4.69) is 4.98 Å². The number of carbonyl (C=O) groups is 1. The fourth-order valence-electron chi connectivity index (χ4n) is 3.19. The Labute approximate surface area is 213 Å². The Morgan fingerprint density at radius 2 is 1.69 bits per heavy atom. The van der Waals surface area contributed by atoms with Gasteiger partial charge in [0.25, 0.3) is 0 Å². The number of hydrogen-bond donors (Lipinski definition) is 0. The number of pyridine rings is 1. The highest BCUT2D eigenvalue weighted by Crippen LogP contribution is 2.33. The topological polar surface area (TPSA) is 52.3 Å². The van der Waals surface area contributed by atoms with Crippen molar-refractivity contribution in [3.8, 4) is 17.1 Å². The van der Waals surface area contributed by atoms with Crippen LogP contribution in [0.5, 0.6) is 5.75 Å². The van der Waals surface area contributed by atoms with Crippen molar-refractivity contribution in [1.29, 1.82) is 0 Å². The van der Waals surface area contributed by atoms with E-state index < -0.39 is 11.7 Å². The normalized spacial score (nSPS) is 11.5. The molecule has 0 fully saturated rings. The SMILES string of the molecule is O=C(COc1ccc(Cc2ncc(C(F)(F)F)cc2Cl)cc1)c1ccc(-c2ccc(Cl)cc2Cl)o1. The third-order valence-electron chi connectivity index (χ3n) is 4.99. The van der Waals surface area contributed by atoms with Crippen molar-refractivity contribution in [3.63, 3.8) is 0 Å². The molecule has 4 nitrogen and oxygen atoms in total. The molecule has 0 aliphatic heterocycles. The predicted molar refractivity (Wildman–Crippen MR) is 127 cm³/mol. The molecule has 2 aromatic heterocycles. The maximum atomic E-state index is 12.8. The molecule has 0 spiro atoms. The van der Waals surface area contributed by atoms with Crippen molar-refractivity contribution in [3.05, 3.63) is 105 Å². The molecule has 0 aliphatic rings. The number of nitrogens with zero attached hydrogens (tertiary/aromatic N) is 1. The Morgan fingerprint density at radius 1 is 0.943 bits per heavy atom. The number of hydrogen-bond acceptors (Lipinski definition) is 4. The first-order valence-electron chi connectivity index (χ1n) is 10.1. The zero-order valence-electron chi connectivity index (χ0n) is 17.7. The van der Waals surface area contributed by atoms with Gasteiger partial charge in [-0.1, -0.05) is 46.9 Å². The average molecular weight is 541 g/mol. The molecule has 0 bridgehead atoms. The summed E-state index contributed by atoms with van der Waals surface area (Å²) in [6, 6.07) is 15.7. The second-order valence-corrected chi connectivity index (χ2v) is 8.72. The van der Waals surface area contributed by atoms with E-state index in [-0.39, 0.29) is 29.6 Å². The highest BCUT2D eigenvalue weighted by molar-refractivity contribution is 6.36. The first kappa shape index (κ1) is 25.1. The number of alkyl halides is 3. The zero-order chi connectivity index (χ0) is 25.2. The van der Waals surface area contributed by atoms with Gasteiger partial charge in [-0.25, -0.2) is 0 Å². The van der Waals surface area contributed by atoms with Gasteiger partial charge in [0, 0.05) is 23.2 Å². The molecule has 35 heavy (non-hydrogen) atoms. The van der Waals surface area contributed by atoms with Gasteiger partial charge in [-0.15, -0.1) is 0 Å². The lowest BCUT2D eigenvalue weighted by Crippen LogP contribution is -2.10. The van der Waals surface area contributed by atoms with Crippen LogP contribution in [-0.2, 0) is 12.6 Å². The van der Waals surface area contributed by atoms with Gasteiger partial charge in [-0.3, -0.25) is 9.78 Å². The van der Waals surface area contributed by atoms with Crippen LogP contribution in [0.25, 0.3) is 11.3 Å². The molecule has 0 saturated heterocycles. The lowest BCUT2D eigenvalue weighted by Gasteiger charge is -2.10. The predicted octanol–water partition coefficient (Wildman–Crippen LogP) is 8.17. The summed E-state index contributed by atoms with van der Waals surface area (Å²) in [7, 11) is 0. The summed E-state index contributed by atoms with van der Waals surface area (Å²) >= 11 is 18.1. The molecule has 0 unspecified atom stereocenters. The number of ether oxygens (including phenoxy) is 1. The lowest BCUT2D eigenvalue weighted by atomic mass is 10.1. The van der Waals surface area contributed by atoms with Crippen LogP contribution in [0, 0.1) is 0 Å². The molecule has 2 heterocycles. The summed E-state index contributed by atoms with van der Waals surface area (Å²) in [6.45, 7) is -0.257. The molecule has 4 rings (SSSR count). The fraction of sp³-hybridized carbons (Fsp3) is 0.120. The van der Waals surface area contributed by atoms with Gasteiger partial charge in [-0.2, -0.15) is 13.2 Å². The summed E-state index contributed by atoms with van der Waals surface area (Å²) < 4.78 is 49.5. The van der Waals surface area contributed by atoms with Gasteiger partial charge < -0.3 is 9.15 Å². The molecular formula is C25H15Cl3F3NO3. The van der Waals surface area contributed by atoms with Gasteiger partial charge in [0.15, 0.2) is 12.4 Å². The van der Waals surface area contributed by atoms with Crippen molar-refractivity contribution in [1.82, 2.24) is 4.98 Å². The van der Waals surface area contributed by atoms with Crippen LogP contribution in [0.1, 0.15) is 27.4 Å². The standard InChI is InChI=1S/C25H15Cl3F3NO3/c26-16-3-6-18(19(27)11-16)23-7-8-24(35-23)22(33)13-34-17-4-1-14(2-5-17)9-21-20(28)10-15(12-32-21)25(29,30)31/h1-8,10-12H,9,13H2. The lowest BCUT2D eigenvalue weighted by molar-refractivity contribution is -0.137. The number of ketones is 1. The number of benzene rings is 2. The second-order valence-electron chi connectivity index (χ2n) is 7.47. The van der Waals surface area contributed by atoms with E-state index >= 15 is 0 Å². The van der Waals surface area contributed by atoms with Crippen LogP contribution < -0.4 is 4.74 Å². The molecule has 0 amide bonds. The molecule has 2 aromatic carbocycles. The zero-order valence-corrected chi connectivity index (χ0v) is 20.0. The monoisotopic (exact) mass is 539 g/mol. The molecule has 0 radical (unpaired) electrons. The van der Waals surface area contributed by atoms with E-state index in [4.69, 9.17) is 44.0 Å². The Bertz CT molecular complexity index is 1370. The van der Waals surface area contributed by atoms with Gasteiger partial charge in [0.05, 0.1) is 21.3 Å². The largest absolute Gasteiger partial charge is 0.485 e. The van der Waals surface area contributed by atoms with Gasteiger partial charge in [-0.05, 0) is 54.1 Å². The molecular weight excluding hydrogens is 526 g/mol. The molecule has 0 saturated carbocycles. The average Bonchev–Trinajstić information content (AvgIpc) is 3.29. The van der Waals surface area contributed by atoms with Crippen LogP contribution in [0.15, 0.2) is 71.3 Å².